The Kier molecular flexibility index (Phi) is 13.6. The SMILES string of the molecule is O=P(O)(O)OC[C@@]1(O[C@H]2O[C@H](CO)[C@@H](O)[C@H](O)[C@H]2O)O[C@H](CO)[C@@H](O)[C@@H]1O.[Ca+2].[Ca+2].[H-].[H-].[H-].[H-]. The van der Waals surface area contributed by atoms with Gasteiger partial charge < -0.3 is 65.4 Å². The van der Waals surface area contributed by atoms with Gasteiger partial charge in [-0.15, -0.1) is 0 Å². The Hall–Kier alpha value is 2.23. The molecule has 0 bridgehead atoms. The standard InChI is InChI=1S/C12H23O14P.2Ca.4H/c13-1-4-6(15)8(17)9(18)11(24-4)26-12(3-23-27(20,21)22)10(19)7(16)5(2-14)25-12;;;;;;/h4-11,13-19H,1-3H2,(H2,20,21,22);;;;;;/q;2*+2;4*-1/t4-,5-,6-,7-,8+,9-,10+,11-,12+;;;;;;/m1....../s1. The molecule has 9 atom stereocenters. The van der Waals surface area contributed by atoms with Crippen LogP contribution in [0.2, 0.25) is 0 Å². The zero-order valence-corrected chi connectivity index (χ0v) is 20.5. The summed E-state index contributed by atoms with van der Waals surface area (Å²) < 4.78 is 30.8. The van der Waals surface area contributed by atoms with E-state index in [4.69, 9.17) is 24.0 Å². The molecule has 0 aromatic heterocycles. The van der Waals surface area contributed by atoms with Crippen molar-refractivity contribution in [3.8, 4) is 0 Å². The Balaban J connectivity index is -0.000000436. The van der Waals surface area contributed by atoms with Crippen molar-refractivity contribution in [3.63, 3.8) is 0 Å². The monoisotopic (exact) mass is 506 g/mol. The minimum absolute atomic E-state index is 0. The molecule has 0 spiro atoms. The third kappa shape index (κ3) is 7.36. The number of aliphatic hydroxyl groups excluding tert-OH is 7. The largest absolute Gasteiger partial charge is 2.00 e. The topological polar surface area (TPSA) is 236 Å². The molecule has 2 fully saturated rings. The van der Waals surface area contributed by atoms with E-state index in [1.165, 1.54) is 0 Å². The second-order valence-electron chi connectivity index (χ2n) is 6.17. The first-order chi connectivity index (χ1) is 12.5. The van der Waals surface area contributed by atoms with Gasteiger partial charge >= 0.3 is 83.3 Å². The maximum absolute atomic E-state index is 11.0. The van der Waals surface area contributed by atoms with Crippen LogP contribution in [-0.4, -0.2) is 196 Å². The summed E-state index contributed by atoms with van der Waals surface area (Å²) in [7, 11) is -5.09. The Bertz CT molecular complexity index is 568. The number of phosphoric ester groups is 1. The van der Waals surface area contributed by atoms with Gasteiger partial charge in [0.15, 0.2) is 6.29 Å². The molecule has 2 rings (SSSR count). The Morgan fingerprint density at radius 1 is 0.897 bits per heavy atom. The third-order valence-electron chi connectivity index (χ3n) is 4.28. The number of hydrogen-bond donors (Lipinski definition) is 9. The van der Waals surface area contributed by atoms with Crippen molar-refractivity contribution in [3.05, 3.63) is 0 Å². The van der Waals surface area contributed by atoms with Crippen LogP contribution in [-0.2, 0) is 23.3 Å². The molecule has 0 aliphatic carbocycles. The average Bonchev–Trinajstić information content (AvgIpc) is 2.85. The fourth-order valence-corrected chi connectivity index (χ4v) is 3.14. The Morgan fingerprint density at radius 3 is 1.90 bits per heavy atom. The number of aliphatic hydroxyl groups is 7. The van der Waals surface area contributed by atoms with Gasteiger partial charge in [0.05, 0.1) is 13.2 Å². The molecular weight excluding hydrogens is 479 g/mol. The van der Waals surface area contributed by atoms with Crippen molar-refractivity contribution in [1.82, 2.24) is 0 Å². The molecule has 2 heterocycles. The van der Waals surface area contributed by atoms with Gasteiger partial charge in [-0.2, -0.15) is 0 Å². The molecule has 168 valence electrons. The molecule has 2 saturated heterocycles. The molecule has 0 radical (unpaired) electrons. The van der Waals surface area contributed by atoms with Gasteiger partial charge in [0, 0.05) is 0 Å². The first kappa shape index (κ1) is 31.2. The molecule has 0 aromatic carbocycles. The van der Waals surface area contributed by atoms with Crippen LogP contribution in [0, 0.1) is 0 Å². The van der Waals surface area contributed by atoms with Crippen molar-refractivity contribution in [2.45, 2.75) is 54.8 Å². The maximum Gasteiger partial charge on any atom is 2.00 e. The van der Waals surface area contributed by atoms with Crippen molar-refractivity contribution in [2.24, 2.45) is 0 Å². The summed E-state index contributed by atoms with van der Waals surface area (Å²) >= 11 is 0. The van der Waals surface area contributed by atoms with Gasteiger partial charge in [0.2, 0.25) is 5.79 Å². The molecule has 0 amide bonds. The van der Waals surface area contributed by atoms with Crippen LogP contribution in [0.1, 0.15) is 5.71 Å². The quantitative estimate of drug-likeness (QED) is 0.116. The van der Waals surface area contributed by atoms with E-state index in [1.807, 2.05) is 0 Å². The van der Waals surface area contributed by atoms with Crippen LogP contribution in [0.15, 0.2) is 0 Å². The van der Waals surface area contributed by atoms with Crippen molar-refractivity contribution < 1.29 is 74.5 Å². The van der Waals surface area contributed by atoms with E-state index >= 15 is 0 Å². The van der Waals surface area contributed by atoms with Crippen molar-refractivity contribution in [1.29, 1.82) is 0 Å². The van der Waals surface area contributed by atoms with Crippen LogP contribution in [0.4, 0.5) is 0 Å². The van der Waals surface area contributed by atoms with Gasteiger partial charge in [-0.25, -0.2) is 4.57 Å². The minimum Gasteiger partial charge on any atom is -1.00 e. The third-order valence-corrected chi connectivity index (χ3v) is 4.75. The fourth-order valence-electron chi connectivity index (χ4n) is 2.79. The zero-order valence-electron chi connectivity index (χ0n) is 19.2. The molecule has 14 nitrogen and oxygen atoms in total. The van der Waals surface area contributed by atoms with Gasteiger partial charge in [-0.3, -0.25) is 4.52 Å². The Morgan fingerprint density at radius 2 is 1.45 bits per heavy atom. The van der Waals surface area contributed by atoms with E-state index in [-0.39, 0.29) is 81.2 Å². The molecule has 0 unspecified atom stereocenters. The van der Waals surface area contributed by atoms with Crippen LogP contribution in [0.3, 0.4) is 0 Å². The minimum atomic E-state index is -5.09. The average molecular weight is 506 g/mol. The summed E-state index contributed by atoms with van der Waals surface area (Å²) in [5, 5.41) is 68.1. The smallest absolute Gasteiger partial charge is 1.00 e. The van der Waals surface area contributed by atoms with Gasteiger partial charge in [-0.05, 0) is 0 Å². The van der Waals surface area contributed by atoms with E-state index in [0.29, 0.717) is 0 Å². The Labute approximate surface area is 230 Å². The van der Waals surface area contributed by atoms with Gasteiger partial charge in [0.1, 0.15) is 49.3 Å². The zero-order chi connectivity index (χ0) is 20.6. The van der Waals surface area contributed by atoms with E-state index in [9.17, 15) is 40.3 Å². The molecule has 2 aliphatic heterocycles. The summed E-state index contributed by atoms with van der Waals surface area (Å²) in [6.07, 6.45) is -14.0. The van der Waals surface area contributed by atoms with Gasteiger partial charge in [0.25, 0.3) is 0 Å². The van der Waals surface area contributed by atoms with Gasteiger partial charge in [-0.1, -0.05) is 0 Å². The molecule has 29 heavy (non-hydrogen) atoms. The normalized spacial score (nSPS) is 42.8. The molecular formula is C12H27Ca2O14P. The number of phosphoric acid groups is 1. The second-order valence-corrected chi connectivity index (χ2v) is 7.40. The predicted octanol–water partition coefficient (Wildman–Crippen LogP) is -5.59. The number of hydrogen-bond acceptors (Lipinski definition) is 12. The first-order valence-corrected chi connectivity index (χ1v) is 9.32. The number of rotatable bonds is 7. The van der Waals surface area contributed by atoms with Crippen LogP contribution < -0.4 is 0 Å². The first-order valence-electron chi connectivity index (χ1n) is 7.79. The molecule has 17 heteroatoms. The molecule has 9 N–H and O–H groups in total. The maximum atomic E-state index is 11.0. The molecule has 0 aromatic rings. The summed E-state index contributed by atoms with van der Waals surface area (Å²) in [6.45, 7) is -2.77. The van der Waals surface area contributed by atoms with Crippen LogP contribution in [0.5, 0.6) is 0 Å². The van der Waals surface area contributed by atoms with Crippen LogP contribution in [0.25, 0.3) is 0 Å². The van der Waals surface area contributed by atoms with Crippen molar-refractivity contribution in [2.75, 3.05) is 19.8 Å². The fraction of sp³-hybridized carbons (Fsp3) is 1.00. The van der Waals surface area contributed by atoms with E-state index in [0.717, 1.165) is 0 Å². The summed E-state index contributed by atoms with van der Waals surface area (Å²) in [5.74, 6) is -2.53. The summed E-state index contributed by atoms with van der Waals surface area (Å²) in [5.41, 5.74) is 0. The second kappa shape index (κ2) is 12.6. The number of ether oxygens (including phenoxy) is 3. The van der Waals surface area contributed by atoms with Crippen LogP contribution >= 0.6 is 7.82 Å². The summed E-state index contributed by atoms with van der Waals surface area (Å²) in [6, 6.07) is 0. The molecule has 0 saturated carbocycles. The van der Waals surface area contributed by atoms with E-state index < -0.39 is 82.4 Å². The van der Waals surface area contributed by atoms with E-state index in [1.54, 1.807) is 0 Å². The summed E-state index contributed by atoms with van der Waals surface area (Å²) in [4.78, 5) is 17.8. The predicted molar refractivity (Wildman–Crippen MR) is 95.5 cm³/mol. The van der Waals surface area contributed by atoms with E-state index in [2.05, 4.69) is 4.52 Å². The molecule has 2 aliphatic rings. The van der Waals surface area contributed by atoms with Crippen molar-refractivity contribution >= 4 is 83.3 Å².